The molecule has 1 aliphatic rings. The fourth-order valence-corrected chi connectivity index (χ4v) is 3.90. The first-order valence-corrected chi connectivity index (χ1v) is 6.81. The Morgan fingerprint density at radius 1 is 1.38 bits per heavy atom. The minimum absolute atomic E-state index is 0.708. The number of aryl methyl sites for hydroxylation is 3. The second kappa shape index (κ2) is 3.86. The third-order valence-corrected chi connectivity index (χ3v) is 4.54. The smallest absolute Gasteiger partial charge is 0.194 e. The van der Waals surface area contributed by atoms with Crippen LogP contribution in [-0.4, -0.2) is 15.9 Å². The second-order valence-electron chi connectivity index (χ2n) is 4.48. The average Bonchev–Trinajstić information content (AvgIpc) is 2.76. The normalized spacial score (nSPS) is 15.6. The number of nitrogens with two attached hydrogens (primary N) is 1. The molecule has 0 amide bonds. The summed E-state index contributed by atoms with van der Waals surface area (Å²) in [5.74, 6) is 0. The Kier molecular flexibility index (Phi) is 2.48. The van der Waals surface area contributed by atoms with Gasteiger partial charge in [0.15, 0.2) is 4.96 Å². The van der Waals surface area contributed by atoms with E-state index >= 15 is 0 Å². The average molecular weight is 235 g/mol. The fraction of sp³-hybridized carbons (Fsp3) is 0.583. The van der Waals surface area contributed by atoms with Crippen LogP contribution in [0.25, 0.3) is 4.96 Å². The van der Waals surface area contributed by atoms with Gasteiger partial charge in [-0.3, -0.25) is 4.40 Å². The third-order valence-electron chi connectivity index (χ3n) is 3.40. The highest BCUT2D eigenvalue weighted by atomic mass is 32.1. The maximum absolute atomic E-state index is 5.69. The van der Waals surface area contributed by atoms with Crippen molar-refractivity contribution < 1.29 is 0 Å². The Labute approximate surface area is 99.3 Å². The Morgan fingerprint density at radius 3 is 3.00 bits per heavy atom. The van der Waals surface area contributed by atoms with Gasteiger partial charge in [0.05, 0.1) is 5.69 Å². The first-order valence-electron chi connectivity index (χ1n) is 6.00. The van der Waals surface area contributed by atoms with Gasteiger partial charge in [0.25, 0.3) is 0 Å². The lowest BCUT2D eigenvalue weighted by atomic mass is 10.0. The molecule has 0 aliphatic heterocycles. The summed E-state index contributed by atoms with van der Waals surface area (Å²) in [6.07, 6.45) is 6.04. The number of hydrogen-bond acceptors (Lipinski definition) is 3. The molecule has 3 nitrogen and oxygen atoms in total. The molecule has 3 rings (SSSR count). The number of nitrogens with zero attached hydrogens (tertiary/aromatic N) is 2. The van der Waals surface area contributed by atoms with Gasteiger partial charge in [0, 0.05) is 22.7 Å². The Hall–Kier alpha value is -0.870. The summed E-state index contributed by atoms with van der Waals surface area (Å²) in [6.45, 7) is 2.80. The molecule has 0 atom stereocenters. The SMILES string of the molecule is Cc1nc2sc3c(n2c1CCN)CCCC3. The van der Waals surface area contributed by atoms with E-state index in [0.29, 0.717) is 6.54 Å². The molecule has 2 aromatic rings. The van der Waals surface area contributed by atoms with Crippen LogP contribution in [0.3, 0.4) is 0 Å². The standard InChI is InChI=1S/C12H17N3S/c1-8-9(6-7-13)15-10-4-2-3-5-11(10)16-12(15)14-8/h2-7,13H2,1H3. The summed E-state index contributed by atoms with van der Waals surface area (Å²) in [5, 5.41) is 0. The summed E-state index contributed by atoms with van der Waals surface area (Å²) in [6, 6.07) is 0. The number of rotatable bonds is 2. The Bertz CT molecular complexity index is 524. The maximum atomic E-state index is 5.69. The van der Waals surface area contributed by atoms with Crippen molar-refractivity contribution in [3.05, 3.63) is 22.0 Å². The minimum atomic E-state index is 0.708. The van der Waals surface area contributed by atoms with Crippen LogP contribution in [-0.2, 0) is 19.3 Å². The summed E-state index contributed by atoms with van der Waals surface area (Å²) in [7, 11) is 0. The number of imidazole rings is 1. The van der Waals surface area contributed by atoms with E-state index in [2.05, 4.69) is 16.3 Å². The lowest BCUT2D eigenvalue weighted by molar-refractivity contribution is 0.669. The Balaban J connectivity index is 2.23. The van der Waals surface area contributed by atoms with Crippen molar-refractivity contribution in [2.45, 2.75) is 39.0 Å². The summed E-state index contributed by atoms with van der Waals surface area (Å²) < 4.78 is 2.38. The van der Waals surface area contributed by atoms with Crippen LogP contribution in [0.4, 0.5) is 0 Å². The van der Waals surface area contributed by atoms with Crippen LogP contribution in [0.1, 0.15) is 34.8 Å². The Morgan fingerprint density at radius 2 is 2.19 bits per heavy atom. The molecule has 0 fully saturated rings. The molecule has 0 spiro atoms. The van der Waals surface area contributed by atoms with Crippen LogP contribution < -0.4 is 5.73 Å². The molecule has 86 valence electrons. The summed E-state index contributed by atoms with van der Waals surface area (Å²) >= 11 is 1.87. The predicted octanol–water partition coefficient (Wildman–Crippen LogP) is 2.08. The lowest BCUT2D eigenvalue weighted by Gasteiger charge is -2.12. The van der Waals surface area contributed by atoms with Crippen molar-refractivity contribution in [1.82, 2.24) is 9.38 Å². The van der Waals surface area contributed by atoms with E-state index in [9.17, 15) is 0 Å². The lowest BCUT2D eigenvalue weighted by Crippen LogP contribution is -2.09. The molecule has 0 aromatic carbocycles. The maximum Gasteiger partial charge on any atom is 0.194 e. The van der Waals surface area contributed by atoms with Gasteiger partial charge in [0.1, 0.15) is 0 Å². The zero-order chi connectivity index (χ0) is 11.1. The molecule has 0 unspecified atom stereocenters. The first kappa shape index (κ1) is 10.3. The quantitative estimate of drug-likeness (QED) is 0.866. The largest absolute Gasteiger partial charge is 0.330 e. The van der Waals surface area contributed by atoms with Crippen LogP contribution in [0, 0.1) is 6.92 Å². The number of fused-ring (bicyclic) bond motifs is 3. The molecule has 2 N–H and O–H groups in total. The van der Waals surface area contributed by atoms with E-state index in [1.165, 1.54) is 42.0 Å². The predicted molar refractivity (Wildman–Crippen MR) is 67.2 cm³/mol. The molecule has 0 saturated heterocycles. The zero-order valence-corrected chi connectivity index (χ0v) is 10.4. The summed E-state index contributed by atoms with van der Waals surface area (Å²) in [5.41, 5.74) is 9.68. The molecule has 16 heavy (non-hydrogen) atoms. The molecular weight excluding hydrogens is 218 g/mol. The molecule has 0 bridgehead atoms. The van der Waals surface area contributed by atoms with E-state index in [1.54, 1.807) is 4.88 Å². The van der Waals surface area contributed by atoms with Gasteiger partial charge in [-0.1, -0.05) is 0 Å². The van der Waals surface area contributed by atoms with Crippen LogP contribution in [0.5, 0.6) is 0 Å². The van der Waals surface area contributed by atoms with Crippen molar-refractivity contribution >= 4 is 16.3 Å². The molecule has 2 heterocycles. The van der Waals surface area contributed by atoms with Crippen LogP contribution >= 0.6 is 11.3 Å². The molecule has 2 aromatic heterocycles. The highest BCUT2D eigenvalue weighted by Gasteiger charge is 2.20. The number of aromatic nitrogens is 2. The van der Waals surface area contributed by atoms with Gasteiger partial charge in [0.2, 0.25) is 0 Å². The van der Waals surface area contributed by atoms with E-state index in [-0.39, 0.29) is 0 Å². The van der Waals surface area contributed by atoms with Gasteiger partial charge >= 0.3 is 0 Å². The highest BCUT2D eigenvalue weighted by molar-refractivity contribution is 7.17. The number of hydrogen-bond donors (Lipinski definition) is 1. The summed E-state index contributed by atoms with van der Waals surface area (Å²) in [4.78, 5) is 7.38. The molecule has 0 saturated carbocycles. The van der Waals surface area contributed by atoms with Crippen molar-refractivity contribution in [3.63, 3.8) is 0 Å². The topological polar surface area (TPSA) is 43.3 Å². The van der Waals surface area contributed by atoms with Gasteiger partial charge in [-0.25, -0.2) is 4.98 Å². The highest BCUT2D eigenvalue weighted by Crippen LogP contribution is 2.31. The van der Waals surface area contributed by atoms with Gasteiger partial charge in [-0.2, -0.15) is 0 Å². The minimum Gasteiger partial charge on any atom is -0.330 e. The van der Waals surface area contributed by atoms with Crippen molar-refractivity contribution in [2.75, 3.05) is 6.54 Å². The van der Waals surface area contributed by atoms with Crippen molar-refractivity contribution in [1.29, 1.82) is 0 Å². The van der Waals surface area contributed by atoms with E-state index in [4.69, 9.17) is 5.73 Å². The van der Waals surface area contributed by atoms with Gasteiger partial charge < -0.3 is 5.73 Å². The molecule has 0 radical (unpaired) electrons. The number of thiazole rings is 1. The first-order chi connectivity index (χ1) is 7.81. The van der Waals surface area contributed by atoms with Gasteiger partial charge in [-0.15, -0.1) is 11.3 Å². The van der Waals surface area contributed by atoms with E-state index in [0.717, 1.165) is 12.1 Å². The van der Waals surface area contributed by atoms with E-state index in [1.807, 2.05) is 11.3 Å². The molecule has 1 aliphatic carbocycles. The van der Waals surface area contributed by atoms with Crippen molar-refractivity contribution in [2.24, 2.45) is 5.73 Å². The van der Waals surface area contributed by atoms with Gasteiger partial charge in [-0.05, 0) is 39.2 Å². The van der Waals surface area contributed by atoms with Crippen LogP contribution in [0.15, 0.2) is 0 Å². The van der Waals surface area contributed by atoms with Crippen LogP contribution in [0.2, 0.25) is 0 Å². The van der Waals surface area contributed by atoms with Crippen molar-refractivity contribution in [3.8, 4) is 0 Å². The third kappa shape index (κ3) is 1.40. The fourth-order valence-electron chi connectivity index (χ4n) is 2.63. The zero-order valence-electron chi connectivity index (χ0n) is 9.62. The second-order valence-corrected chi connectivity index (χ2v) is 5.54. The molecule has 4 heteroatoms. The van der Waals surface area contributed by atoms with E-state index < -0.39 is 0 Å². The monoisotopic (exact) mass is 235 g/mol. The molecular formula is C12H17N3S.